The van der Waals surface area contributed by atoms with Crippen molar-refractivity contribution < 1.29 is 9.47 Å². The zero-order chi connectivity index (χ0) is 6.53. The largest absolute Gasteiger partial charge is 0.349 e. The molecular weight excluding hydrogens is 116 g/mol. The molecule has 0 aliphatic carbocycles. The molecule has 9 heavy (non-hydrogen) atoms. The second-order valence-electron chi connectivity index (χ2n) is 1.91. The SMILES string of the molecule is CCO[C@H]1C=CCCO1. The van der Waals surface area contributed by atoms with Crippen molar-refractivity contribution in [2.45, 2.75) is 19.6 Å². The van der Waals surface area contributed by atoms with Gasteiger partial charge in [-0.3, -0.25) is 0 Å². The van der Waals surface area contributed by atoms with Gasteiger partial charge in [-0.05, 0) is 19.4 Å². The molecule has 0 bridgehead atoms. The van der Waals surface area contributed by atoms with Crippen LogP contribution in [0.2, 0.25) is 0 Å². The van der Waals surface area contributed by atoms with E-state index in [0.717, 1.165) is 19.6 Å². The molecule has 2 nitrogen and oxygen atoms in total. The van der Waals surface area contributed by atoms with Crippen molar-refractivity contribution in [2.24, 2.45) is 0 Å². The molecule has 0 aromatic rings. The van der Waals surface area contributed by atoms with Gasteiger partial charge in [0.1, 0.15) is 0 Å². The lowest BCUT2D eigenvalue weighted by molar-refractivity contribution is -0.111. The third-order valence-electron chi connectivity index (χ3n) is 1.19. The minimum Gasteiger partial charge on any atom is -0.349 e. The van der Waals surface area contributed by atoms with E-state index in [1.807, 2.05) is 13.0 Å². The Morgan fingerprint density at radius 3 is 3.22 bits per heavy atom. The van der Waals surface area contributed by atoms with E-state index in [0.29, 0.717) is 0 Å². The number of hydrogen-bond donors (Lipinski definition) is 0. The van der Waals surface area contributed by atoms with Crippen LogP contribution in [0.5, 0.6) is 0 Å². The van der Waals surface area contributed by atoms with Crippen LogP contribution in [0, 0.1) is 0 Å². The van der Waals surface area contributed by atoms with E-state index in [1.54, 1.807) is 0 Å². The van der Waals surface area contributed by atoms with Crippen LogP contribution >= 0.6 is 0 Å². The molecule has 0 amide bonds. The summed E-state index contributed by atoms with van der Waals surface area (Å²) in [6, 6.07) is 0. The molecule has 1 aliphatic rings. The molecule has 1 heterocycles. The Morgan fingerprint density at radius 2 is 2.67 bits per heavy atom. The number of rotatable bonds is 2. The summed E-state index contributed by atoms with van der Waals surface area (Å²) in [5.41, 5.74) is 0. The van der Waals surface area contributed by atoms with Crippen LogP contribution in [0.15, 0.2) is 12.2 Å². The first-order valence-corrected chi connectivity index (χ1v) is 3.33. The molecule has 0 aromatic carbocycles. The van der Waals surface area contributed by atoms with Crippen molar-refractivity contribution in [3.8, 4) is 0 Å². The molecule has 0 unspecified atom stereocenters. The molecule has 0 N–H and O–H groups in total. The lowest BCUT2D eigenvalue weighted by Crippen LogP contribution is -2.17. The van der Waals surface area contributed by atoms with Crippen molar-refractivity contribution in [1.82, 2.24) is 0 Å². The highest BCUT2D eigenvalue weighted by Gasteiger charge is 2.05. The van der Waals surface area contributed by atoms with Gasteiger partial charge in [0.05, 0.1) is 6.61 Å². The average Bonchev–Trinajstić information content (AvgIpc) is 1.91. The van der Waals surface area contributed by atoms with Crippen LogP contribution in [0.4, 0.5) is 0 Å². The molecule has 1 aliphatic heterocycles. The Hall–Kier alpha value is -0.340. The molecule has 1 rings (SSSR count). The normalized spacial score (nSPS) is 26.6. The highest BCUT2D eigenvalue weighted by molar-refractivity contribution is 4.88. The van der Waals surface area contributed by atoms with Crippen LogP contribution in [0.3, 0.4) is 0 Å². The van der Waals surface area contributed by atoms with E-state index in [4.69, 9.17) is 9.47 Å². The van der Waals surface area contributed by atoms with Crippen LogP contribution in [-0.2, 0) is 9.47 Å². The highest BCUT2D eigenvalue weighted by Crippen LogP contribution is 2.04. The summed E-state index contributed by atoms with van der Waals surface area (Å²) >= 11 is 0. The predicted octanol–water partition coefficient (Wildman–Crippen LogP) is 1.33. The first-order chi connectivity index (χ1) is 4.43. The van der Waals surface area contributed by atoms with Gasteiger partial charge in [0.2, 0.25) is 0 Å². The quantitative estimate of drug-likeness (QED) is 0.522. The van der Waals surface area contributed by atoms with Gasteiger partial charge in [-0.15, -0.1) is 0 Å². The van der Waals surface area contributed by atoms with Crippen molar-refractivity contribution in [3.63, 3.8) is 0 Å². The van der Waals surface area contributed by atoms with Crippen molar-refractivity contribution in [3.05, 3.63) is 12.2 Å². The third-order valence-corrected chi connectivity index (χ3v) is 1.19. The molecule has 0 spiro atoms. The maximum atomic E-state index is 5.21. The van der Waals surface area contributed by atoms with Crippen LogP contribution in [-0.4, -0.2) is 19.5 Å². The summed E-state index contributed by atoms with van der Waals surface area (Å²) in [7, 11) is 0. The van der Waals surface area contributed by atoms with E-state index in [-0.39, 0.29) is 6.29 Å². The molecule has 2 heteroatoms. The van der Waals surface area contributed by atoms with E-state index in [2.05, 4.69) is 6.08 Å². The summed E-state index contributed by atoms with van der Waals surface area (Å²) in [5.74, 6) is 0. The minimum absolute atomic E-state index is 0.0799. The highest BCUT2D eigenvalue weighted by atomic mass is 16.7. The maximum absolute atomic E-state index is 5.21. The van der Waals surface area contributed by atoms with Gasteiger partial charge in [0.25, 0.3) is 0 Å². The van der Waals surface area contributed by atoms with Gasteiger partial charge in [-0.2, -0.15) is 0 Å². The topological polar surface area (TPSA) is 18.5 Å². The first kappa shape index (κ1) is 6.78. The molecule has 0 aromatic heterocycles. The summed E-state index contributed by atoms with van der Waals surface area (Å²) in [4.78, 5) is 0. The summed E-state index contributed by atoms with van der Waals surface area (Å²) in [6.07, 6.45) is 4.98. The predicted molar refractivity (Wildman–Crippen MR) is 35.1 cm³/mol. The monoisotopic (exact) mass is 128 g/mol. The Kier molecular flexibility index (Phi) is 2.74. The van der Waals surface area contributed by atoms with Crippen molar-refractivity contribution in [1.29, 1.82) is 0 Å². The Morgan fingerprint density at radius 1 is 1.78 bits per heavy atom. The molecule has 1 atom stereocenters. The minimum atomic E-state index is -0.0799. The molecular formula is C7H12O2. The molecule has 0 saturated heterocycles. The van der Waals surface area contributed by atoms with Gasteiger partial charge in [0.15, 0.2) is 6.29 Å². The van der Waals surface area contributed by atoms with Crippen LogP contribution < -0.4 is 0 Å². The van der Waals surface area contributed by atoms with Crippen LogP contribution in [0.1, 0.15) is 13.3 Å². The fourth-order valence-electron chi connectivity index (χ4n) is 0.783. The van der Waals surface area contributed by atoms with Gasteiger partial charge < -0.3 is 9.47 Å². The summed E-state index contributed by atoms with van der Waals surface area (Å²) in [6.45, 7) is 3.47. The Labute approximate surface area is 55.5 Å². The fraction of sp³-hybridized carbons (Fsp3) is 0.714. The van der Waals surface area contributed by atoms with Gasteiger partial charge in [-0.1, -0.05) is 6.08 Å². The molecule has 0 saturated carbocycles. The van der Waals surface area contributed by atoms with E-state index in [9.17, 15) is 0 Å². The lowest BCUT2D eigenvalue weighted by Gasteiger charge is -2.16. The fourth-order valence-corrected chi connectivity index (χ4v) is 0.783. The van der Waals surface area contributed by atoms with Gasteiger partial charge >= 0.3 is 0 Å². The second-order valence-corrected chi connectivity index (χ2v) is 1.91. The van der Waals surface area contributed by atoms with Crippen molar-refractivity contribution >= 4 is 0 Å². The third kappa shape index (κ3) is 2.16. The zero-order valence-electron chi connectivity index (χ0n) is 5.67. The standard InChI is InChI=1S/C7H12O2/c1-2-8-7-5-3-4-6-9-7/h3,5,7H,2,4,6H2,1H3/t7-/m1/s1. The van der Waals surface area contributed by atoms with Gasteiger partial charge in [-0.25, -0.2) is 0 Å². The first-order valence-electron chi connectivity index (χ1n) is 3.33. The van der Waals surface area contributed by atoms with Crippen LogP contribution in [0.25, 0.3) is 0 Å². The smallest absolute Gasteiger partial charge is 0.176 e. The Bertz CT molecular complexity index is 99.1. The van der Waals surface area contributed by atoms with E-state index >= 15 is 0 Å². The lowest BCUT2D eigenvalue weighted by atomic mass is 10.3. The van der Waals surface area contributed by atoms with Gasteiger partial charge in [0, 0.05) is 6.61 Å². The molecule has 0 radical (unpaired) electrons. The summed E-state index contributed by atoms with van der Waals surface area (Å²) in [5, 5.41) is 0. The van der Waals surface area contributed by atoms with Crippen molar-refractivity contribution in [2.75, 3.05) is 13.2 Å². The van der Waals surface area contributed by atoms with E-state index in [1.165, 1.54) is 0 Å². The second kappa shape index (κ2) is 3.64. The summed E-state index contributed by atoms with van der Waals surface area (Å²) < 4.78 is 10.4. The number of hydrogen-bond acceptors (Lipinski definition) is 2. The zero-order valence-corrected chi connectivity index (χ0v) is 5.67. The number of ether oxygens (including phenoxy) is 2. The Balaban J connectivity index is 2.23. The molecule has 52 valence electrons. The molecule has 0 fully saturated rings. The maximum Gasteiger partial charge on any atom is 0.176 e. The average molecular weight is 128 g/mol. The van der Waals surface area contributed by atoms with E-state index < -0.39 is 0 Å².